The van der Waals surface area contributed by atoms with Crippen molar-refractivity contribution in [2.24, 2.45) is 5.41 Å². The fourth-order valence-electron chi connectivity index (χ4n) is 7.07. The first-order chi connectivity index (χ1) is 18.0. The third-order valence-electron chi connectivity index (χ3n) is 9.48. The van der Waals surface area contributed by atoms with E-state index in [1.807, 2.05) is 24.3 Å². The second kappa shape index (κ2) is 10.3. The second-order valence-electron chi connectivity index (χ2n) is 10.9. The minimum atomic E-state index is -1.98. The maximum atomic E-state index is 11.5. The van der Waals surface area contributed by atoms with Gasteiger partial charge in [-0.3, -0.25) is 4.98 Å². The molecule has 0 radical (unpaired) electrons. The van der Waals surface area contributed by atoms with Gasteiger partial charge >= 0.3 is 0 Å². The number of pyridine rings is 1. The van der Waals surface area contributed by atoms with Crippen LogP contribution in [0.1, 0.15) is 76.4 Å². The largest absolute Gasteiger partial charge is 0.410 e. The van der Waals surface area contributed by atoms with Gasteiger partial charge in [0.2, 0.25) is 0 Å². The van der Waals surface area contributed by atoms with Crippen molar-refractivity contribution < 1.29 is 9.53 Å². The van der Waals surface area contributed by atoms with Crippen LogP contribution in [0.5, 0.6) is 0 Å². The summed E-state index contributed by atoms with van der Waals surface area (Å²) in [5, 5.41) is 16.4. The molecule has 0 saturated heterocycles. The van der Waals surface area contributed by atoms with Crippen LogP contribution in [0.3, 0.4) is 0 Å². The van der Waals surface area contributed by atoms with Gasteiger partial charge in [-0.15, -0.1) is 0 Å². The Morgan fingerprint density at radius 1 is 1.03 bits per heavy atom. The van der Waals surface area contributed by atoms with E-state index in [0.29, 0.717) is 6.42 Å². The fourth-order valence-corrected chi connectivity index (χ4v) is 10.2. The van der Waals surface area contributed by atoms with Crippen LogP contribution in [0, 0.1) is 5.41 Å². The van der Waals surface area contributed by atoms with Crippen LogP contribution >= 0.6 is 0 Å². The molecule has 2 aliphatic rings. The molecule has 2 aliphatic carbocycles. The highest BCUT2D eigenvalue weighted by Crippen LogP contribution is 2.62. The Morgan fingerprint density at radius 2 is 1.76 bits per heavy atom. The van der Waals surface area contributed by atoms with Crippen LogP contribution in [0.25, 0.3) is 11.8 Å². The zero-order chi connectivity index (χ0) is 26.1. The molecule has 0 bridgehead atoms. The number of rotatable bonds is 10. The van der Waals surface area contributed by atoms with Gasteiger partial charge in [0, 0.05) is 18.0 Å². The van der Waals surface area contributed by atoms with Crippen molar-refractivity contribution in [2.45, 2.75) is 89.6 Å². The van der Waals surface area contributed by atoms with Crippen molar-refractivity contribution in [1.29, 1.82) is 0 Å². The molecule has 1 saturated carbocycles. The molecule has 0 aliphatic heterocycles. The molecule has 1 unspecified atom stereocenters. The SMILES string of the molecule is CC[C@]12Cc3cnn(-c4ccccc4)c3C=C1CC[C@]2(CC(O)c1ccccn1)O[Si](CC)(CC)CC. The van der Waals surface area contributed by atoms with Gasteiger partial charge in [-0.1, -0.05) is 57.5 Å². The smallest absolute Gasteiger partial charge is 0.192 e. The lowest BCUT2D eigenvalue weighted by atomic mass is 9.62. The lowest BCUT2D eigenvalue weighted by Crippen LogP contribution is -2.56. The Kier molecular flexibility index (Phi) is 7.27. The minimum absolute atomic E-state index is 0.155. The molecule has 1 fully saturated rings. The van der Waals surface area contributed by atoms with Gasteiger partial charge in [0.05, 0.1) is 35.0 Å². The first kappa shape index (κ1) is 26.1. The summed E-state index contributed by atoms with van der Waals surface area (Å²) in [5.41, 5.74) is 5.16. The lowest BCUT2D eigenvalue weighted by Gasteiger charge is -2.52. The van der Waals surface area contributed by atoms with E-state index >= 15 is 0 Å². The fraction of sp³-hybridized carbons (Fsp3) is 0.484. The van der Waals surface area contributed by atoms with E-state index in [0.717, 1.165) is 55.2 Å². The van der Waals surface area contributed by atoms with Gasteiger partial charge in [0.1, 0.15) is 0 Å². The summed E-state index contributed by atoms with van der Waals surface area (Å²) in [6.07, 6.45) is 9.94. The van der Waals surface area contributed by atoms with E-state index in [4.69, 9.17) is 9.52 Å². The molecule has 5 rings (SSSR count). The topological polar surface area (TPSA) is 60.2 Å². The molecule has 6 heteroatoms. The van der Waals surface area contributed by atoms with Crippen molar-refractivity contribution >= 4 is 14.4 Å². The maximum absolute atomic E-state index is 11.5. The van der Waals surface area contributed by atoms with E-state index in [9.17, 15) is 5.11 Å². The first-order valence-electron chi connectivity index (χ1n) is 14.1. The quantitative estimate of drug-likeness (QED) is 0.288. The standard InChI is InChI=1S/C31H41N3O2Si/c1-5-30-21-24-23-33-34(26-14-10-9-11-15-26)28(24)20-25(30)17-18-31(30,36-37(6-2,7-3)8-4)22-29(35)27-16-12-13-19-32-27/h9-16,19-20,23,29,35H,5-8,17-18,21-22H2,1-4H3/t29?,30-,31+/m0/s1. The Hall–Kier alpha value is -2.54. The van der Waals surface area contributed by atoms with Gasteiger partial charge < -0.3 is 9.53 Å². The molecular weight excluding hydrogens is 474 g/mol. The molecule has 196 valence electrons. The molecule has 0 spiro atoms. The van der Waals surface area contributed by atoms with Crippen LogP contribution in [-0.2, 0) is 10.8 Å². The Morgan fingerprint density at radius 3 is 2.41 bits per heavy atom. The first-order valence-corrected chi connectivity index (χ1v) is 16.6. The number of para-hydroxylation sites is 1. The monoisotopic (exact) mass is 515 g/mol. The predicted molar refractivity (Wildman–Crippen MR) is 152 cm³/mol. The van der Waals surface area contributed by atoms with Gasteiger partial charge in [-0.05, 0) is 79.7 Å². The van der Waals surface area contributed by atoms with Gasteiger partial charge in [0.15, 0.2) is 8.32 Å². The molecule has 1 aromatic carbocycles. The summed E-state index contributed by atoms with van der Waals surface area (Å²) < 4.78 is 9.66. The Labute approximate surface area is 222 Å². The zero-order valence-electron chi connectivity index (χ0n) is 22.8. The van der Waals surface area contributed by atoms with E-state index in [-0.39, 0.29) is 5.41 Å². The Bertz CT molecular complexity index is 1230. The van der Waals surface area contributed by atoms with Crippen LogP contribution in [0.15, 0.2) is 66.5 Å². The highest BCUT2D eigenvalue weighted by Gasteiger charge is 2.61. The second-order valence-corrected chi connectivity index (χ2v) is 15.6. The molecular formula is C31H41N3O2Si. The molecule has 3 aromatic rings. The van der Waals surface area contributed by atoms with Gasteiger partial charge in [0.25, 0.3) is 0 Å². The Balaban J connectivity index is 1.61. The van der Waals surface area contributed by atoms with Gasteiger partial charge in [-0.2, -0.15) is 5.10 Å². The van der Waals surface area contributed by atoms with E-state index in [1.54, 1.807) is 6.20 Å². The van der Waals surface area contributed by atoms with E-state index in [1.165, 1.54) is 16.8 Å². The number of aliphatic hydroxyl groups is 1. The molecule has 5 nitrogen and oxygen atoms in total. The number of benzene rings is 1. The van der Waals surface area contributed by atoms with Crippen LogP contribution in [0.2, 0.25) is 18.1 Å². The van der Waals surface area contributed by atoms with E-state index in [2.05, 4.69) is 73.9 Å². The van der Waals surface area contributed by atoms with Crippen molar-refractivity contribution in [2.75, 3.05) is 0 Å². The molecule has 0 amide bonds. The number of nitrogens with zero attached hydrogens (tertiary/aromatic N) is 3. The number of hydrogen-bond acceptors (Lipinski definition) is 4. The van der Waals surface area contributed by atoms with Crippen molar-refractivity contribution in [1.82, 2.24) is 14.8 Å². The number of aliphatic hydroxyl groups excluding tert-OH is 1. The minimum Gasteiger partial charge on any atom is -0.410 e. The highest BCUT2D eigenvalue weighted by atomic mass is 28.4. The molecule has 2 aromatic heterocycles. The van der Waals surface area contributed by atoms with Gasteiger partial charge in [-0.25, -0.2) is 4.68 Å². The summed E-state index contributed by atoms with van der Waals surface area (Å²) in [5.74, 6) is 0. The molecule has 3 atom stereocenters. The average molecular weight is 516 g/mol. The third-order valence-corrected chi connectivity index (χ3v) is 14.2. The number of hydrogen-bond donors (Lipinski definition) is 1. The highest BCUT2D eigenvalue weighted by molar-refractivity contribution is 6.73. The summed E-state index contributed by atoms with van der Waals surface area (Å²) in [6.45, 7) is 9.21. The maximum Gasteiger partial charge on any atom is 0.192 e. The van der Waals surface area contributed by atoms with Crippen molar-refractivity contribution in [3.05, 3.63) is 83.4 Å². The molecule has 1 N–H and O–H groups in total. The third kappa shape index (κ3) is 4.33. The van der Waals surface area contributed by atoms with Crippen molar-refractivity contribution in [3.63, 3.8) is 0 Å². The van der Waals surface area contributed by atoms with E-state index < -0.39 is 20.0 Å². The molecule has 37 heavy (non-hydrogen) atoms. The van der Waals surface area contributed by atoms with Crippen LogP contribution in [0.4, 0.5) is 0 Å². The summed E-state index contributed by atoms with van der Waals surface area (Å²) in [6, 6.07) is 19.5. The predicted octanol–water partition coefficient (Wildman–Crippen LogP) is 7.28. The zero-order valence-corrected chi connectivity index (χ0v) is 23.8. The number of aromatic nitrogens is 3. The average Bonchev–Trinajstić information content (AvgIpc) is 3.50. The summed E-state index contributed by atoms with van der Waals surface area (Å²) >= 11 is 0. The normalized spacial score (nSPS) is 23.9. The summed E-state index contributed by atoms with van der Waals surface area (Å²) in [7, 11) is -1.98. The summed E-state index contributed by atoms with van der Waals surface area (Å²) in [4.78, 5) is 4.51. The number of fused-ring (bicyclic) bond motifs is 2. The van der Waals surface area contributed by atoms with Crippen LogP contribution < -0.4 is 0 Å². The van der Waals surface area contributed by atoms with Crippen LogP contribution in [-0.4, -0.2) is 33.8 Å². The van der Waals surface area contributed by atoms with Crippen molar-refractivity contribution in [3.8, 4) is 5.69 Å². The molecule has 2 heterocycles. The lowest BCUT2D eigenvalue weighted by molar-refractivity contribution is -0.0710.